The standard InChI is InChI=1S/C35H34N4/c1-3-26(2)31-19-9-10-21-33(31)37-30-18-11-13-27(23-24-30)25-39(35(38-36)29-15-5-4-6-16-29)34-22-12-17-28-14-7-8-20-32(28)34/h3-17,19-24,37H,18,25,36H2,1-2H3/b26-3+,38-35-. The van der Waals surface area contributed by atoms with Crippen molar-refractivity contribution in [3.63, 3.8) is 0 Å². The maximum absolute atomic E-state index is 6.06. The molecule has 4 heteroatoms. The quantitative estimate of drug-likeness (QED) is 0.114. The molecule has 0 fully saturated rings. The number of rotatable bonds is 7. The molecule has 0 saturated heterocycles. The molecule has 0 amide bonds. The topological polar surface area (TPSA) is 53.6 Å². The zero-order chi connectivity index (χ0) is 27.0. The number of nitrogens with two attached hydrogens (primary N) is 1. The highest BCUT2D eigenvalue weighted by Crippen LogP contribution is 2.30. The fourth-order valence-electron chi connectivity index (χ4n) is 4.92. The molecule has 4 aromatic carbocycles. The average Bonchev–Trinajstić information content (AvgIpc) is 3.22. The van der Waals surface area contributed by atoms with Gasteiger partial charge < -0.3 is 16.1 Å². The summed E-state index contributed by atoms with van der Waals surface area (Å²) in [6.07, 6.45) is 11.7. The molecule has 1 aliphatic carbocycles. The van der Waals surface area contributed by atoms with E-state index in [1.54, 1.807) is 0 Å². The van der Waals surface area contributed by atoms with Crippen LogP contribution in [0.4, 0.5) is 11.4 Å². The Morgan fingerprint density at radius 3 is 2.46 bits per heavy atom. The molecule has 0 aliphatic heterocycles. The first-order chi connectivity index (χ1) is 19.2. The van der Waals surface area contributed by atoms with E-state index in [2.05, 4.69) is 126 Å². The lowest BCUT2D eigenvalue weighted by atomic mass is 10.0. The summed E-state index contributed by atoms with van der Waals surface area (Å²) in [7, 11) is 0. The lowest BCUT2D eigenvalue weighted by Crippen LogP contribution is -2.34. The summed E-state index contributed by atoms with van der Waals surface area (Å²) < 4.78 is 0. The molecule has 5 rings (SSSR count). The van der Waals surface area contributed by atoms with Crippen LogP contribution in [0.15, 0.2) is 144 Å². The number of amidine groups is 1. The van der Waals surface area contributed by atoms with Gasteiger partial charge in [-0.15, -0.1) is 0 Å². The normalized spacial score (nSPS) is 14.0. The fraction of sp³-hybridized carbons (Fsp3) is 0.114. The molecule has 0 heterocycles. The number of hydrazone groups is 1. The molecule has 194 valence electrons. The van der Waals surface area contributed by atoms with Gasteiger partial charge in [-0.3, -0.25) is 0 Å². The zero-order valence-electron chi connectivity index (χ0n) is 22.5. The molecule has 4 nitrogen and oxygen atoms in total. The smallest absolute Gasteiger partial charge is 0.160 e. The van der Waals surface area contributed by atoms with Gasteiger partial charge in [-0.2, -0.15) is 5.10 Å². The third-order valence-electron chi connectivity index (χ3n) is 7.06. The molecular weight excluding hydrogens is 476 g/mol. The number of fused-ring (bicyclic) bond motifs is 1. The molecule has 0 saturated carbocycles. The van der Waals surface area contributed by atoms with Gasteiger partial charge in [-0.05, 0) is 48.6 Å². The van der Waals surface area contributed by atoms with Gasteiger partial charge in [-0.1, -0.05) is 109 Å². The van der Waals surface area contributed by atoms with Crippen LogP contribution in [-0.2, 0) is 0 Å². The van der Waals surface area contributed by atoms with E-state index in [1.165, 1.54) is 16.5 Å². The van der Waals surface area contributed by atoms with Crippen LogP contribution >= 0.6 is 0 Å². The Kier molecular flexibility index (Phi) is 8.03. The molecule has 0 radical (unpaired) electrons. The lowest BCUT2D eigenvalue weighted by molar-refractivity contribution is 1.07. The largest absolute Gasteiger partial charge is 0.358 e. The van der Waals surface area contributed by atoms with Gasteiger partial charge in [0.05, 0.1) is 5.69 Å². The van der Waals surface area contributed by atoms with Gasteiger partial charge in [0.2, 0.25) is 0 Å². The molecule has 0 unspecified atom stereocenters. The number of benzene rings is 4. The monoisotopic (exact) mass is 510 g/mol. The maximum atomic E-state index is 6.06. The Morgan fingerprint density at radius 2 is 1.64 bits per heavy atom. The number of nitrogens with one attached hydrogen (secondary N) is 1. The van der Waals surface area contributed by atoms with E-state index in [4.69, 9.17) is 5.84 Å². The first kappa shape index (κ1) is 25.8. The molecule has 39 heavy (non-hydrogen) atoms. The van der Waals surface area contributed by atoms with E-state index in [0.717, 1.165) is 45.9 Å². The molecule has 3 N–H and O–H groups in total. The van der Waals surface area contributed by atoms with Crippen LogP contribution in [0, 0.1) is 0 Å². The summed E-state index contributed by atoms with van der Waals surface area (Å²) >= 11 is 0. The van der Waals surface area contributed by atoms with Crippen molar-refractivity contribution in [1.82, 2.24) is 0 Å². The second kappa shape index (κ2) is 12.1. The highest BCUT2D eigenvalue weighted by Gasteiger charge is 2.19. The molecule has 0 aromatic heterocycles. The Morgan fingerprint density at radius 1 is 0.897 bits per heavy atom. The molecule has 1 aliphatic rings. The zero-order valence-corrected chi connectivity index (χ0v) is 22.5. The highest BCUT2D eigenvalue weighted by atomic mass is 15.3. The van der Waals surface area contributed by atoms with Crippen LogP contribution in [0.5, 0.6) is 0 Å². The van der Waals surface area contributed by atoms with Crippen molar-refractivity contribution in [3.05, 3.63) is 150 Å². The minimum absolute atomic E-state index is 0.619. The SMILES string of the molecule is C/C=C(\C)c1ccccc1NC1=CC=C(CN(/C(=N\N)c2ccccc2)c2cccc3ccccc23)C=CC1. The van der Waals surface area contributed by atoms with Crippen molar-refractivity contribution >= 4 is 33.6 Å². The molecule has 0 spiro atoms. The van der Waals surface area contributed by atoms with E-state index in [9.17, 15) is 0 Å². The number of hydrogen-bond acceptors (Lipinski definition) is 3. The Bertz CT molecular complexity index is 1600. The van der Waals surface area contributed by atoms with E-state index in [-0.39, 0.29) is 0 Å². The first-order valence-corrected chi connectivity index (χ1v) is 13.3. The average molecular weight is 511 g/mol. The van der Waals surface area contributed by atoms with Gasteiger partial charge in [0.15, 0.2) is 5.84 Å². The fourth-order valence-corrected chi connectivity index (χ4v) is 4.92. The van der Waals surface area contributed by atoms with Crippen molar-refractivity contribution in [2.24, 2.45) is 10.9 Å². The van der Waals surface area contributed by atoms with Crippen LogP contribution in [0.25, 0.3) is 16.3 Å². The van der Waals surface area contributed by atoms with Crippen LogP contribution in [0.1, 0.15) is 31.4 Å². The molecule has 0 atom stereocenters. The van der Waals surface area contributed by atoms with Crippen molar-refractivity contribution in [2.75, 3.05) is 16.8 Å². The predicted octanol–water partition coefficient (Wildman–Crippen LogP) is 8.27. The second-order valence-corrected chi connectivity index (χ2v) is 9.59. The number of hydrogen-bond donors (Lipinski definition) is 2. The molecule has 0 bridgehead atoms. The number of para-hydroxylation sites is 1. The summed E-state index contributed by atoms with van der Waals surface area (Å²) in [4.78, 5) is 2.21. The Hall–Kier alpha value is -4.83. The third kappa shape index (κ3) is 5.86. The number of allylic oxidation sites excluding steroid dienone is 5. The Labute approximate surface area is 231 Å². The van der Waals surface area contributed by atoms with Gasteiger partial charge in [0, 0.05) is 40.9 Å². The predicted molar refractivity (Wildman–Crippen MR) is 168 cm³/mol. The molecule has 4 aromatic rings. The van der Waals surface area contributed by atoms with E-state index >= 15 is 0 Å². The second-order valence-electron chi connectivity index (χ2n) is 9.59. The summed E-state index contributed by atoms with van der Waals surface area (Å²) in [5.41, 5.74) is 7.92. The summed E-state index contributed by atoms with van der Waals surface area (Å²) in [5, 5.41) is 10.3. The lowest BCUT2D eigenvalue weighted by Gasteiger charge is -2.28. The maximum Gasteiger partial charge on any atom is 0.160 e. The van der Waals surface area contributed by atoms with Crippen LogP contribution in [0.2, 0.25) is 0 Å². The minimum Gasteiger partial charge on any atom is -0.358 e. The number of anilines is 2. The van der Waals surface area contributed by atoms with E-state index in [1.807, 2.05) is 30.3 Å². The minimum atomic E-state index is 0.619. The summed E-state index contributed by atoms with van der Waals surface area (Å²) in [5.74, 6) is 6.79. The van der Waals surface area contributed by atoms with Gasteiger partial charge in [0.25, 0.3) is 0 Å². The van der Waals surface area contributed by atoms with Gasteiger partial charge in [0.1, 0.15) is 0 Å². The first-order valence-electron chi connectivity index (χ1n) is 13.3. The van der Waals surface area contributed by atoms with Crippen LogP contribution in [0.3, 0.4) is 0 Å². The number of nitrogens with zero attached hydrogens (tertiary/aromatic N) is 2. The molecular formula is C35H34N4. The summed E-state index contributed by atoms with van der Waals surface area (Å²) in [6.45, 7) is 4.84. The van der Waals surface area contributed by atoms with Crippen molar-refractivity contribution in [2.45, 2.75) is 20.3 Å². The van der Waals surface area contributed by atoms with E-state index in [0.29, 0.717) is 6.54 Å². The Balaban J connectivity index is 1.50. The van der Waals surface area contributed by atoms with Crippen LogP contribution in [-0.4, -0.2) is 12.4 Å². The van der Waals surface area contributed by atoms with Crippen LogP contribution < -0.4 is 16.1 Å². The third-order valence-corrected chi connectivity index (χ3v) is 7.06. The van der Waals surface area contributed by atoms with Gasteiger partial charge in [-0.25, -0.2) is 0 Å². The summed E-state index contributed by atoms with van der Waals surface area (Å²) in [6, 6.07) is 33.4. The highest BCUT2D eigenvalue weighted by molar-refractivity contribution is 6.13. The van der Waals surface area contributed by atoms with Crippen molar-refractivity contribution < 1.29 is 0 Å². The van der Waals surface area contributed by atoms with Crippen molar-refractivity contribution in [3.8, 4) is 0 Å². The van der Waals surface area contributed by atoms with Gasteiger partial charge >= 0.3 is 0 Å². The van der Waals surface area contributed by atoms with Crippen molar-refractivity contribution in [1.29, 1.82) is 0 Å². The van der Waals surface area contributed by atoms with E-state index < -0.39 is 0 Å².